The van der Waals surface area contributed by atoms with Gasteiger partial charge in [-0.1, -0.05) is 36.4 Å². The highest BCUT2D eigenvalue weighted by Crippen LogP contribution is 2.26. The Balaban J connectivity index is 2.16. The Hall–Kier alpha value is -2.69. The number of aromatic nitrogens is 1. The third kappa shape index (κ3) is 1.71. The minimum absolute atomic E-state index is 0.00138. The highest BCUT2D eigenvalue weighted by atomic mass is 15.3. The molecule has 1 aromatic heterocycles. The zero-order valence-electron chi connectivity index (χ0n) is 9.64. The van der Waals surface area contributed by atoms with Gasteiger partial charge in [-0.05, 0) is 11.5 Å². The molecule has 5 nitrogen and oxygen atoms in total. The number of fused-ring (bicyclic) bond motifs is 3. The summed E-state index contributed by atoms with van der Waals surface area (Å²) in [5.41, 5.74) is 14.4. The van der Waals surface area contributed by atoms with E-state index >= 15 is 0 Å². The number of aromatic amines is 1. The van der Waals surface area contributed by atoms with Gasteiger partial charge in [-0.2, -0.15) is 0 Å². The second-order valence-electron chi connectivity index (χ2n) is 4.08. The predicted octanol–water partition coefficient (Wildman–Crippen LogP) is 1.92. The van der Waals surface area contributed by atoms with E-state index in [2.05, 4.69) is 39.8 Å². The van der Waals surface area contributed by atoms with Crippen LogP contribution in [0.2, 0.25) is 0 Å². The standard InChI is InChI=1S/C13H13N5/c14-13(15)18-17-11-7-9-6-5-8-3-1-2-4-10(8)12(9)16-11/h1-7,16-17H,(H4,14,15,18). The van der Waals surface area contributed by atoms with E-state index in [0.717, 1.165) is 16.7 Å². The summed E-state index contributed by atoms with van der Waals surface area (Å²) in [7, 11) is 0. The second kappa shape index (κ2) is 3.96. The van der Waals surface area contributed by atoms with Crippen molar-refractivity contribution in [3.63, 3.8) is 0 Å². The van der Waals surface area contributed by atoms with Gasteiger partial charge in [0.05, 0.1) is 5.52 Å². The van der Waals surface area contributed by atoms with E-state index in [0.29, 0.717) is 0 Å². The van der Waals surface area contributed by atoms with Crippen LogP contribution in [0, 0.1) is 0 Å². The average Bonchev–Trinajstić information content (AvgIpc) is 2.79. The molecule has 18 heavy (non-hydrogen) atoms. The molecule has 0 amide bonds. The van der Waals surface area contributed by atoms with Crippen molar-refractivity contribution in [2.75, 3.05) is 5.43 Å². The fraction of sp³-hybridized carbons (Fsp3) is 0. The summed E-state index contributed by atoms with van der Waals surface area (Å²) in [5.74, 6) is 0.758. The molecule has 0 saturated carbocycles. The van der Waals surface area contributed by atoms with E-state index in [9.17, 15) is 0 Å². The van der Waals surface area contributed by atoms with Crippen molar-refractivity contribution in [1.82, 2.24) is 4.98 Å². The number of H-pyrrole nitrogens is 1. The number of anilines is 1. The number of nitrogens with one attached hydrogen (secondary N) is 2. The molecule has 6 N–H and O–H groups in total. The molecular weight excluding hydrogens is 226 g/mol. The van der Waals surface area contributed by atoms with Crippen LogP contribution in [-0.2, 0) is 0 Å². The summed E-state index contributed by atoms with van der Waals surface area (Å²) in [5, 5.41) is 7.24. The number of guanidine groups is 1. The lowest BCUT2D eigenvalue weighted by atomic mass is 10.1. The molecular formula is C13H13N5. The Bertz CT molecular complexity index is 737. The monoisotopic (exact) mass is 239 g/mol. The summed E-state index contributed by atoms with van der Waals surface area (Å²) in [4.78, 5) is 3.26. The number of nitrogens with zero attached hydrogens (tertiary/aromatic N) is 1. The molecule has 0 unspecified atom stereocenters. The van der Waals surface area contributed by atoms with Gasteiger partial charge in [0.1, 0.15) is 5.82 Å². The van der Waals surface area contributed by atoms with Crippen LogP contribution in [0.15, 0.2) is 47.6 Å². The molecule has 0 spiro atoms. The van der Waals surface area contributed by atoms with Crippen molar-refractivity contribution in [2.45, 2.75) is 0 Å². The summed E-state index contributed by atoms with van der Waals surface area (Å²) < 4.78 is 0. The lowest BCUT2D eigenvalue weighted by Crippen LogP contribution is -2.23. The highest BCUT2D eigenvalue weighted by Gasteiger charge is 2.03. The van der Waals surface area contributed by atoms with Crippen molar-refractivity contribution in [3.8, 4) is 0 Å². The molecule has 1 heterocycles. The number of rotatable bonds is 2. The highest BCUT2D eigenvalue weighted by molar-refractivity contribution is 6.06. The van der Waals surface area contributed by atoms with Crippen molar-refractivity contribution in [3.05, 3.63) is 42.5 Å². The smallest absolute Gasteiger partial charge is 0.208 e. The molecule has 0 aliphatic rings. The minimum atomic E-state index is -0.00138. The van der Waals surface area contributed by atoms with E-state index in [-0.39, 0.29) is 5.96 Å². The van der Waals surface area contributed by atoms with Crippen molar-refractivity contribution in [2.24, 2.45) is 16.6 Å². The first-order valence-corrected chi connectivity index (χ1v) is 5.59. The number of nitrogens with two attached hydrogens (primary N) is 2. The zero-order valence-corrected chi connectivity index (χ0v) is 9.64. The van der Waals surface area contributed by atoms with Crippen molar-refractivity contribution < 1.29 is 0 Å². The fourth-order valence-electron chi connectivity index (χ4n) is 2.06. The fourth-order valence-corrected chi connectivity index (χ4v) is 2.06. The molecule has 3 rings (SSSR count). The molecule has 90 valence electrons. The van der Waals surface area contributed by atoms with E-state index in [4.69, 9.17) is 11.5 Å². The van der Waals surface area contributed by atoms with E-state index in [1.165, 1.54) is 10.8 Å². The zero-order chi connectivity index (χ0) is 12.5. The van der Waals surface area contributed by atoms with Crippen molar-refractivity contribution in [1.29, 1.82) is 0 Å². The normalized spacial score (nSPS) is 10.7. The van der Waals surface area contributed by atoms with Crippen molar-refractivity contribution >= 4 is 33.5 Å². The van der Waals surface area contributed by atoms with E-state index in [1.807, 2.05) is 18.2 Å². The number of hydrogen-bond donors (Lipinski definition) is 4. The van der Waals surface area contributed by atoms with Gasteiger partial charge in [0, 0.05) is 10.8 Å². The molecule has 3 aromatic rings. The summed E-state index contributed by atoms with van der Waals surface area (Å²) >= 11 is 0. The first-order valence-electron chi connectivity index (χ1n) is 5.59. The number of hydrazone groups is 1. The molecule has 0 bridgehead atoms. The molecule has 0 aliphatic carbocycles. The summed E-state index contributed by atoms with van der Waals surface area (Å²) in [6.07, 6.45) is 0. The maximum atomic E-state index is 5.28. The van der Waals surface area contributed by atoms with Crippen LogP contribution in [-0.4, -0.2) is 10.9 Å². The van der Waals surface area contributed by atoms with Crippen LogP contribution in [0.25, 0.3) is 21.7 Å². The largest absolute Gasteiger partial charge is 0.369 e. The molecule has 0 aliphatic heterocycles. The summed E-state index contributed by atoms with van der Waals surface area (Å²) in [6, 6.07) is 14.3. The van der Waals surface area contributed by atoms with E-state index in [1.54, 1.807) is 0 Å². The van der Waals surface area contributed by atoms with Crippen LogP contribution >= 0.6 is 0 Å². The van der Waals surface area contributed by atoms with E-state index < -0.39 is 0 Å². The SMILES string of the molecule is NC(N)=NNc1cc2ccc3ccccc3c2[nH]1. The average molecular weight is 239 g/mol. The predicted molar refractivity (Wildman–Crippen MR) is 75.2 cm³/mol. The molecule has 5 heteroatoms. The van der Waals surface area contributed by atoms with Gasteiger partial charge in [-0.15, -0.1) is 5.10 Å². The van der Waals surface area contributed by atoms with Crippen LogP contribution < -0.4 is 16.9 Å². The Kier molecular flexibility index (Phi) is 2.30. The third-order valence-corrected chi connectivity index (χ3v) is 2.83. The van der Waals surface area contributed by atoms with Crippen LogP contribution in [0.3, 0.4) is 0 Å². The number of hydrogen-bond acceptors (Lipinski definition) is 2. The maximum absolute atomic E-state index is 5.28. The number of benzene rings is 2. The molecule has 0 fully saturated rings. The van der Waals surface area contributed by atoms with Crippen LogP contribution in [0.1, 0.15) is 0 Å². The van der Waals surface area contributed by atoms with Gasteiger partial charge in [0.25, 0.3) is 0 Å². The molecule has 2 aromatic carbocycles. The second-order valence-corrected chi connectivity index (χ2v) is 4.08. The van der Waals surface area contributed by atoms with Gasteiger partial charge >= 0.3 is 0 Å². The molecule has 0 saturated heterocycles. The first-order chi connectivity index (χ1) is 8.74. The van der Waals surface area contributed by atoms with Gasteiger partial charge < -0.3 is 16.5 Å². The van der Waals surface area contributed by atoms with Gasteiger partial charge in [-0.25, -0.2) is 0 Å². The maximum Gasteiger partial charge on any atom is 0.208 e. The van der Waals surface area contributed by atoms with Crippen LogP contribution in [0.4, 0.5) is 5.82 Å². The van der Waals surface area contributed by atoms with Gasteiger partial charge in [0.15, 0.2) is 0 Å². The van der Waals surface area contributed by atoms with Gasteiger partial charge in [-0.3, -0.25) is 5.43 Å². The Morgan fingerprint density at radius 3 is 2.67 bits per heavy atom. The van der Waals surface area contributed by atoms with Crippen LogP contribution in [0.5, 0.6) is 0 Å². The topological polar surface area (TPSA) is 92.2 Å². The lowest BCUT2D eigenvalue weighted by Gasteiger charge is -1.98. The summed E-state index contributed by atoms with van der Waals surface area (Å²) in [6.45, 7) is 0. The molecule has 0 radical (unpaired) electrons. The first kappa shape index (κ1) is 10.5. The quantitative estimate of drug-likeness (QED) is 0.313. The molecule has 0 atom stereocenters. The Morgan fingerprint density at radius 1 is 1.06 bits per heavy atom. The lowest BCUT2D eigenvalue weighted by molar-refractivity contribution is 1.25. The third-order valence-electron chi connectivity index (χ3n) is 2.83. The Morgan fingerprint density at radius 2 is 1.83 bits per heavy atom. The Labute approximate surface area is 103 Å². The van der Waals surface area contributed by atoms with Gasteiger partial charge in [0.2, 0.25) is 5.96 Å². The minimum Gasteiger partial charge on any atom is -0.369 e.